The largest absolute Gasteiger partial charge is 0.393 e. The summed E-state index contributed by atoms with van der Waals surface area (Å²) in [6.45, 7) is 2.61. The second-order valence-electron chi connectivity index (χ2n) is 10.7. The molecule has 1 N–H and O–H groups in total. The number of hydrogen-bond donors (Lipinski definition) is 1. The average molecular weight is 347 g/mol. The normalized spacial score (nSPS) is 58.0. The molecule has 2 heteroatoms. The number of hydrogen-bond acceptors (Lipinski definition) is 2. The molecule has 5 aliphatic rings. The Kier molecular flexibility index (Phi) is 4.06. The van der Waals surface area contributed by atoms with Crippen LogP contribution in [0.1, 0.15) is 84.0 Å². The maximum absolute atomic E-state index is 10.2. The quantitative estimate of drug-likeness (QED) is 0.708. The first-order chi connectivity index (χ1) is 12.1. The molecule has 0 aliphatic heterocycles. The van der Waals surface area contributed by atoms with E-state index in [0.29, 0.717) is 16.9 Å². The zero-order valence-corrected chi connectivity index (χ0v) is 16.4. The number of rotatable bonds is 1. The minimum absolute atomic E-state index is 0.0128. The van der Waals surface area contributed by atoms with Crippen LogP contribution in [0.15, 0.2) is 0 Å². The third kappa shape index (κ3) is 2.29. The molecule has 5 saturated carbocycles. The molecule has 2 nitrogen and oxygen atoms in total. The van der Waals surface area contributed by atoms with Crippen molar-refractivity contribution in [3.8, 4) is 0 Å². The molecule has 0 amide bonds. The summed E-state index contributed by atoms with van der Waals surface area (Å²) in [5.74, 6) is 4.55. The highest BCUT2D eigenvalue weighted by Gasteiger charge is 2.63. The Bertz CT molecular complexity index is 518. The van der Waals surface area contributed by atoms with Crippen molar-refractivity contribution in [3.63, 3.8) is 0 Å². The summed E-state index contributed by atoms with van der Waals surface area (Å²) < 4.78 is 5.97. The van der Waals surface area contributed by atoms with Gasteiger partial charge in [-0.25, -0.2) is 0 Å². The van der Waals surface area contributed by atoms with Crippen molar-refractivity contribution < 1.29 is 9.84 Å². The van der Waals surface area contributed by atoms with Crippen LogP contribution in [0.25, 0.3) is 0 Å². The van der Waals surface area contributed by atoms with Gasteiger partial charge in [-0.2, -0.15) is 0 Å². The van der Waals surface area contributed by atoms with Gasteiger partial charge in [0.25, 0.3) is 0 Å². The number of aliphatic hydroxyl groups excluding tert-OH is 1. The molecule has 142 valence electrons. The lowest BCUT2D eigenvalue weighted by Gasteiger charge is -2.62. The zero-order valence-electron chi connectivity index (χ0n) is 16.4. The Hall–Kier alpha value is -0.0800. The fraction of sp³-hybridized carbons (Fsp3) is 1.00. The van der Waals surface area contributed by atoms with Crippen molar-refractivity contribution in [1.29, 1.82) is 0 Å². The van der Waals surface area contributed by atoms with E-state index in [4.69, 9.17) is 4.74 Å². The number of ether oxygens (including phenoxy) is 1. The van der Waals surface area contributed by atoms with Crippen molar-refractivity contribution >= 4 is 0 Å². The molecule has 9 atom stereocenters. The molecule has 5 rings (SSSR count). The van der Waals surface area contributed by atoms with Crippen LogP contribution in [0, 0.1) is 40.4 Å². The molecular weight excluding hydrogens is 308 g/mol. The van der Waals surface area contributed by atoms with E-state index in [2.05, 4.69) is 6.92 Å². The highest BCUT2D eigenvalue weighted by atomic mass is 16.5. The maximum Gasteiger partial charge on any atom is 0.0604 e. The van der Waals surface area contributed by atoms with Crippen LogP contribution in [-0.4, -0.2) is 24.4 Å². The summed E-state index contributed by atoms with van der Waals surface area (Å²) in [5.41, 5.74) is 1.16. The van der Waals surface area contributed by atoms with E-state index in [-0.39, 0.29) is 6.10 Å². The van der Waals surface area contributed by atoms with Crippen molar-refractivity contribution in [2.75, 3.05) is 7.11 Å². The summed E-state index contributed by atoms with van der Waals surface area (Å²) >= 11 is 0. The first-order valence-corrected chi connectivity index (χ1v) is 11.3. The number of aliphatic hydroxyl groups is 1. The molecule has 5 aliphatic carbocycles. The van der Waals surface area contributed by atoms with Crippen LogP contribution < -0.4 is 0 Å². The lowest BCUT2D eigenvalue weighted by molar-refractivity contribution is -0.150. The van der Waals surface area contributed by atoms with E-state index < -0.39 is 0 Å². The molecule has 0 aromatic heterocycles. The topological polar surface area (TPSA) is 29.5 Å². The third-order valence-corrected chi connectivity index (χ3v) is 10.3. The Balaban J connectivity index is 1.44. The summed E-state index contributed by atoms with van der Waals surface area (Å²) in [6.07, 6.45) is 16.9. The molecule has 5 fully saturated rings. The van der Waals surface area contributed by atoms with Gasteiger partial charge in [0.15, 0.2) is 0 Å². The highest BCUT2D eigenvalue weighted by molar-refractivity contribution is 5.12. The second-order valence-corrected chi connectivity index (χ2v) is 10.7. The van der Waals surface area contributed by atoms with Gasteiger partial charge in [-0.05, 0) is 111 Å². The van der Waals surface area contributed by atoms with E-state index in [9.17, 15) is 5.11 Å². The van der Waals surface area contributed by atoms with Crippen LogP contribution in [0.5, 0.6) is 0 Å². The monoisotopic (exact) mass is 346 g/mol. The lowest BCUT2D eigenvalue weighted by atomic mass is 9.43. The van der Waals surface area contributed by atoms with E-state index in [0.717, 1.165) is 42.4 Å². The molecule has 0 aromatic carbocycles. The fourth-order valence-electron chi connectivity index (χ4n) is 9.25. The standard InChI is InChI=1S/C23H38O2/c1-22-12-9-16(24)14-15(22)5-6-17-18(22)10-13-23-11-3-4-21(25-2)20(23)8-7-19(17)23/h15-21,24H,3-14H2,1-2H3/t15-,16+,17?,18?,19?,20?,21+,22-,23-/m0/s1. The second kappa shape index (κ2) is 5.96. The van der Waals surface area contributed by atoms with Gasteiger partial charge in [0.2, 0.25) is 0 Å². The van der Waals surface area contributed by atoms with Crippen molar-refractivity contribution in [1.82, 2.24) is 0 Å². The van der Waals surface area contributed by atoms with Crippen LogP contribution in [0.4, 0.5) is 0 Å². The van der Waals surface area contributed by atoms with Gasteiger partial charge in [-0.3, -0.25) is 0 Å². The van der Waals surface area contributed by atoms with Crippen molar-refractivity contribution in [3.05, 3.63) is 0 Å². The van der Waals surface area contributed by atoms with Crippen LogP contribution in [0.3, 0.4) is 0 Å². The third-order valence-electron chi connectivity index (χ3n) is 10.3. The SMILES string of the molecule is CO[C@@H]1CCC[C@]23CCC4C(CC[C@H]5C[C@H](O)CC[C@]45C)C2CCC13. The molecule has 25 heavy (non-hydrogen) atoms. The molecule has 4 unspecified atom stereocenters. The zero-order chi connectivity index (χ0) is 17.2. The first kappa shape index (κ1) is 17.0. The van der Waals surface area contributed by atoms with E-state index >= 15 is 0 Å². The van der Waals surface area contributed by atoms with E-state index in [1.165, 1.54) is 64.2 Å². The fourth-order valence-corrected chi connectivity index (χ4v) is 9.25. The first-order valence-electron chi connectivity index (χ1n) is 11.3. The Labute approximate surface area is 154 Å². The molecular formula is C23H38O2. The van der Waals surface area contributed by atoms with E-state index in [1.807, 2.05) is 7.11 Å². The van der Waals surface area contributed by atoms with E-state index in [1.54, 1.807) is 0 Å². The lowest BCUT2D eigenvalue weighted by Crippen LogP contribution is -2.56. The van der Waals surface area contributed by atoms with Gasteiger partial charge in [-0.1, -0.05) is 13.3 Å². The molecule has 0 aromatic rings. The molecule has 0 bridgehead atoms. The van der Waals surface area contributed by atoms with Crippen molar-refractivity contribution in [2.45, 2.75) is 96.2 Å². The van der Waals surface area contributed by atoms with Crippen molar-refractivity contribution in [2.24, 2.45) is 40.4 Å². The van der Waals surface area contributed by atoms with Gasteiger partial charge < -0.3 is 9.84 Å². The predicted octanol–water partition coefficient (Wildman–Crippen LogP) is 5.19. The molecule has 0 saturated heterocycles. The summed E-state index contributed by atoms with van der Waals surface area (Å²) in [4.78, 5) is 0. The minimum atomic E-state index is -0.0128. The Morgan fingerprint density at radius 1 is 0.840 bits per heavy atom. The van der Waals surface area contributed by atoms with Gasteiger partial charge in [0.05, 0.1) is 12.2 Å². The summed E-state index contributed by atoms with van der Waals surface area (Å²) in [6, 6.07) is 0. The van der Waals surface area contributed by atoms with Gasteiger partial charge in [0.1, 0.15) is 0 Å². The minimum Gasteiger partial charge on any atom is -0.393 e. The Morgan fingerprint density at radius 3 is 2.52 bits per heavy atom. The number of fused-ring (bicyclic) bond motifs is 4. The molecule has 0 radical (unpaired) electrons. The smallest absolute Gasteiger partial charge is 0.0604 e. The average Bonchev–Trinajstić information content (AvgIpc) is 3.02. The van der Waals surface area contributed by atoms with Crippen LogP contribution in [-0.2, 0) is 4.74 Å². The Morgan fingerprint density at radius 2 is 1.68 bits per heavy atom. The number of methoxy groups -OCH3 is 1. The van der Waals surface area contributed by atoms with Gasteiger partial charge in [-0.15, -0.1) is 0 Å². The van der Waals surface area contributed by atoms with Crippen LogP contribution in [0.2, 0.25) is 0 Å². The maximum atomic E-state index is 10.2. The highest BCUT2D eigenvalue weighted by Crippen LogP contribution is 2.70. The molecule has 1 spiro atoms. The summed E-state index contributed by atoms with van der Waals surface area (Å²) in [5, 5.41) is 10.2. The predicted molar refractivity (Wildman–Crippen MR) is 100 cm³/mol. The van der Waals surface area contributed by atoms with Gasteiger partial charge >= 0.3 is 0 Å². The summed E-state index contributed by atoms with van der Waals surface area (Å²) in [7, 11) is 1.96. The molecule has 0 heterocycles. The van der Waals surface area contributed by atoms with Crippen LogP contribution >= 0.6 is 0 Å². The van der Waals surface area contributed by atoms with Gasteiger partial charge in [0, 0.05) is 7.11 Å².